The van der Waals surface area contributed by atoms with Crippen molar-refractivity contribution in [2.75, 3.05) is 44.3 Å². The maximum Gasteiger partial charge on any atom is 0.335 e. The fourth-order valence-corrected chi connectivity index (χ4v) is 5.69. The van der Waals surface area contributed by atoms with Gasteiger partial charge in [0.05, 0.1) is 17.5 Å². The Balaban J connectivity index is 1.54. The number of benzene rings is 2. The van der Waals surface area contributed by atoms with Gasteiger partial charge in [0.2, 0.25) is 15.9 Å². The van der Waals surface area contributed by atoms with Crippen LogP contribution in [-0.4, -0.2) is 102 Å². The summed E-state index contributed by atoms with van der Waals surface area (Å²) in [4.78, 5) is 45.7. The molecule has 4 rings (SSSR count). The molecule has 2 fully saturated rings. The molecule has 0 saturated carbocycles. The van der Waals surface area contributed by atoms with Gasteiger partial charge in [0.15, 0.2) is 5.96 Å². The highest BCUT2D eigenvalue weighted by Crippen LogP contribution is 2.27. The van der Waals surface area contributed by atoms with E-state index >= 15 is 0 Å². The number of amides is 2. The quantitative estimate of drug-likeness (QED) is 0.270. The number of carbonyl (C=O) groups excluding carboxylic acids is 2. The molecule has 6 N–H and O–H groups in total. The Labute approximate surface area is 226 Å². The second-order valence-corrected chi connectivity index (χ2v) is 11.5. The second kappa shape index (κ2) is 11.4. The molecular weight excluding hydrogens is 526 g/mol. The minimum Gasteiger partial charge on any atom is -0.478 e. The van der Waals surface area contributed by atoms with Crippen molar-refractivity contribution in [3.8, 4) is 0 Å². The number of likely N-dealkylation sites (tertiary alicyclic amines) is 1. The highest BCUT2D eigenvalue weighted by molar-refractivity contribution is 7.88. The molecule has 14 heteroatoms. The summed E-state index contributed by atoms with van der Waals surface area (Å²) >= 11 is 0. The molecule has 0 radical (unpaired) electrons. The predicted octanol–water partition coefficient (Wildman–Crippen LogP) is 0.0887. The van der Waals surface area contributed by atoms with Gasteiger partial charge in [0, 0.05) is 50.0 Å². The zero-order valence-electron chi connectivity index (χ0n) is 21.4. The fraction of sp³-hybridized carbons (Fsp3) is 0.360. The molecule has 208 valence electrons. The molecule has 2 saturated heterocycles. The van der Waals surface area contributed by atoms with Crippen LogP contribution in [0.3, 0.4) is 0 Å². The van der Waals surface area contributed by atoms with Crippen LogP contribution >= 0.6 is 0 Å². The van der Waals surface area contributed by atoms with E-state index in [1.165, 1.54) is 39.7 Å². The Morgan fingerprint density at radius 3 is 2.08 bits per heavy atom. The van der Waals surface area contributed by atoms with Crippen molar-refractivity contribution in [2.24, 2.45) is 16.5 Å². The van der Waals surface area contributed by atoms with Gasteiger partial charge in [-0.05, 0) is 55.0 Å². The summed E-state index contributed by atoms with van der Waals surface area (Å²) < 4.78 is 25.3. The highest BCUT2D eigenvalue weighted by Gasteiger charge is 2.43. The van der Waals surface area contributed by atoms with Crippen molar-refractivity contribution in [3.63, 3.8) is 0 Å². The van der Waals surface area contributed by atoms with E-state index in [2.05, 4.69) is 15.2 Å². The summed E-state index contributed by atoms with van der Waals surface area (Å²) in [5, 5.41) is 11.9. The van der Waals surface area contributed by atoms with Gasteiger partial charge in [-0.2, -0.15) is 4.31 Å². The van der Waals surface area contributed by atoms with Crippen molar-refractivity contribution in [1.29, 1.82) is 0 Å². The van der Waals surface area contributed by atoms with Gasteiger partial charge in [-0.3, -0.25) is 14.5 Å². The van der Waals surface area contributed by atoms with Gasteiger partial charge in [-0.25, -0.2) is 18.2 Å². The maximum absolute atomic E-state index is 13.6. The number of nitrogens with zero attached hydrogens (tertiary/aromatic N) is 4. The van der Waals surface area contributed by atoms with Crippen LogP contribution in [0.4, 0.5) is 11.4 Å². The normalized spacial score (nSPS) is 20.4. The van der Waals surface area contributed by atoms with Crippen LogP contribution in [0.1, 0.15) is 27.1 Å². The lowest BCUT2D eigenvalue weighted by Gasteiger charge is -2.36. The standard InChI is InChI=1S/C25H31N7O6S/c1-39(37,38)31-12-10-30(11-13-31)20-14-21(22(33)28-18-8-4-17(5-9-18)24(35)36)32(15-20)23(34)16-2-6-19(7-3-16)29-25(26)27/h2-9,20-21H,10-15H2,1H3,(H,28,33)(H,35,36)(H4,26,27,29). The third kappa shape index (κ3) is 6.71. The van der Waals surface area contributed by atoms with Gasteiger partial charge >= 0.3 is 5.97 Å². The van der Waals surface area contributed by atoms with Crippen LogP contribution in [0, 0.1) is 0 Å². The van der Waals surface area contributed by atoms with Crippen LogP contribution in [0.15, 0.2) is 53.5 Å². The third-order valence-electron chi connectivity index (χ3n) is 6.87. The van der Waals surface area contributed by atoms with Crippen molar-refractivity contribution >= 4 is 45.1 Å². The number of sulfonamides is 1. The predicted molar refractivity (Wildman–Crippen MR) is 145 cm³/mol. The maximum atomic E-state index is 13.6. The molecule has 0 bridgehead atoms. The van der Waals surface area contributed by atoms with Crippen LogP contribution in [0.5, 0.6) is 0 Å². The van der Waals surface area contributed by atoms with Gasteiger partial charge in [-0.15, -0.1) is 0 Å². The first-order valence-electron chi connectivity index (χ1n) is 12.3. The second-order valence-electron chi connectivity index (χ2n) is 9.52. The van der Waals surface area contributed by atoms with Gasteiger partial charge in [0.1, 0.15) is 6.04 Å². The first-order valence-corrected chi connectivity index (χ1v) is 14.1. The third-order valence-corrected chi connectivity index (χ3v) is 8.18. The topological polar surface area (TPSA) is 192 Å². The number of guanidine groups is 1. The van der Waals surface area contributed by atoms with E-state index in [1.807, 2.05) is 0 Å². The smallest absolute Gasteiger partial charge is 0.335 e. The summed E-state index contributed by atoms with van der Waals surface area (Å²) in [6.45, 7) is 1.92. The monoisotopic (exact) mass is 557 g/mol. The summed E-state index contributed by atoms with van der Waals surface area (Å²) in [6.07, 6.45) is 1.54. The van der Waals surface area contributed by atoms with Crippen molar-refractivity contribution in [1.82, 2.24) is 14.1 Å². The van der Waals surface area contributed by atoms with E-state index in [0.717, 1.165) is 0 Å². The summed E-state index contributed by atoms with van der Waals surface area (Å²) in [6, 6.07) is 11.2. The lowest BCUT2D eigenvalue weighted by Crippen LogP contribution is -2.52. The zero-order chi connectivity index (χ0) is 28.3. The van der Waals surface area contributed by atoms with Crippen LogP contribution < -0.4 is 16.8 Å². The molecule has 0 spiro atoms. The van der Waals surface area contributed by atoms with E-state index in [9.17, 15) is 22.8 Å². The summed E-state index contributed by atoms with van der Waals surface area (Å²) in [5.41, 5.74) is 12.2. The number of anilines is 1. The molecule has 2 aromatic rings. The van der Waals surface area contributed by atoms with Crippen molar-refractivity contribution in [3.05, 3.63) is 59.7 Å². The lowest BCUT2D eigenvalue weighted by atomic mass is 10.1. The molecule has 0 aliphatic carbocycles. The van der Waals surface area contributed by atoms with E-state index in [1.54, 1.807) is 24.3 Å². The number of aromatic carboxylic acids is 1. The van der Waals surface area contributed by atoms with Crippen LogP contribution in [0.2, 0.25) is 0 Å². The number of carboxylic acid groups (broad SMARTS) is 1. The van der Waals surface area contributed by atoms with E-state index in [0.29, 0.717) is 49.5 Å². The number of carbonyl (C=O) groups is 3. The number of hydrogen-bond donors (Lipinski definition) is 4. The fourth-order valence-electron chi connectivity index (χ4n) is 4.87. The van der Waals surface area contributed by atoms with Gasteiger partial charge < -0.3 is 26.8 Å². The summed E-state index contributed by atoms with van der Waals surface area (Å²) in [5.74, 6) is -1.93. The highest BCUT2D eigenvalue weighted by atomic mass is 32.2. The number of hydrogen-bond acceptors (Lipinski definition) is 7. The average Bonchev–Trinajstić information content (AvgIpc) is 3.34. The zero-order valence-corrected chi connectivity index (χ0v) is 22.2. The lowest BCUT2D eigenvalue weighted by molar-refractivity contribution is -0.119. The molecule has 39 heavy (non-hydrogen) atoms. The first kappa shape index (κ1) is 28.0. The van der Waals surface area contributed by atoms with Gasteiger partial charge in [0.25, 0.3) is 5.91 Å². The Morgan fingerprint density at radius 1 is 0.949 bits per heavy atom. The molecular formula is C25H31N7O6S. The van der Waals surface area contributed by atoms with Crippen LogP contribution in [-0.2, 0) is 14.8 Å². The van der Waals surface area contributed by atoms with Crippen molar-refractivity contribution < 1.29 is 27.9 Å². The summed E-state index contributed by atoms with van der Waals surface area (Å²) in [7, 11) is -3.30. The molecule has 2 amide bonds. The minimum atomic E-state index is -3.30. The number of piperazine rings is 1. The molecule has 13 nitrogen and oxygen atoms in total. The molecule has 2 atom stereocenters. The number of nitrogens with two attached hydrogens (primary N) is 2. The Bertz CT molecular complexity index is 1370. The molecule has 0 aromatic heterocycles. The first-order chi connectivity index (χ1) is 18.4. The minimum absolute atomic E-state index is 0.0862. The Morgan fingerprint density at radius 2 is 1.54 bits per heavy atom. The van der Waals surface area contributed by atoms with Crippen molar-refractivity contribution in [2.45, 2.75) is 18.5 Å². The van der Waals surface area contributed by atoms with E-state index in [-0.39, 0.29) is 30.0 Å². The molecule has 2 aromatic carbocycles. The number of rotatable bonds is 7. The number of carboxylic acids is 1. The average molecular weight is 558 g/mol. The van der Waals surface area contributed by atoms with Gasteiger partial charge in [-0.1, -0.05) is 0 Å². The molecule has 2 unspecified atom stereocenters. The molecule has 2 aliphatic rings. The molecule has 2 aliphatic heterocycles. The Hall–Kier alpha value is -4.01. The molecule has 2 heterocycles. The number of nitrogens with one attached hydrogen (secondary N) is 1. The largest absolute Gasteiger partial charge is 0.478 e. The Kier molecular flexibility index (Phi) is 8.18. The SMILES string of the molecule is CS(=O)(=O)N1CCN(C2CC(C(=O)Nc3ccc(C(=O)O)cc3)N(C(=O)c3ccc(N=C(N)N)cc3)C2)CC1. The van der Waals surface area contributed by atoms with E-state index < -0.39 is 27.9 Å². The number of aliphatic imine (C=N–C) groups is 1. The van der Waals surface area contributed by atoms with E-state index in [4.69, 9.17) is 16.6 Å². The van der Waals surface area contributed by atoms with Crippen LogP contribution in [0.25, 0.3) is 0 Å².